The molecule has 0 aromatic carbocycles. The van der Waals surface area contributed by atoms with Crippen molar-refractivity contribution >= 4 is 5.91 Å². The van der Waals surface area contributed by atoms with Gasteiger partial charge in [0.05, 0.1) is 6.54 Å². The van der Waals surface area contributed by atoms with Crippen LogP contribution < -0.4 is 10.7 Å². The Morgan fingerprint density at radius 1 is 1.57 bits per heavy atom. The molecular formula is C10H13N3O. The predicted molar refractivity (Wildman–Crippen MR) is 55.1 cm³/mol. The van der Waals surface area contributed by atoms with Crippen LogP contribution in [0.4, 0.5) is 0 Å². The maximum absolute atomic E-state index is 11.3. The molecule has 2 N–H and O–H groups in total. The molecule has 1 rings (SSSR count). The SMILES string of the molecule is C#CCNC(=O)C(C)Nn1cccc1. The third-order valence-corrected chi connectivity index (χ3v) is 1.71. The molecule has 1 atom stereocenters. The van der Waals surface area contributed by atoms with E-state index < -0.39 is 0 Å². The van der Waals surface area contributed by atoms with Gasteiger partial charge in [0.2, 0.25) is 5.91 Å². The van der Waals surface area contributed by atoms with Crippen molar-refractivity contribution in [3.05, 3.63) is 24.5 Å². The summed E-state index contributed by atoms with van der Waals surface area (Å²) < 4.78 is 1.72. The van der Waals surface area contributed by atoms with Crippen molar-refractivity contribution in [2.75, 3.05) is 12.0 Å². The van der Waals surface area contributed by atoms with E-state index in [1.807, 2.05) is 24.5 Å². The van der Waals surface area contributed by atoms with E-state index in [-0.39, 0.29) is 18.5 Å². The maximum Gasteiger partial charge on any atom is 0.244 e. The second-order valence-corrected chi connectivity index (χ2v) is 2.86. The van der Waals surface area contributed by atoms with Gasteiger partial charge >= 0.3 is 0 Å². The molecule has 0 fully saturated rings. The number of hydrogen-bond acceptors (Lipinski definition) is 2. The highest BCUT2D eigenvalue weighted by molar-refractivity contribution is 5.82. The Kier molecular flexibility index (Phi) is 3.62. The van der Waals surface area contributed by atoms with Gasteiger partial charge in [0.1, 0.15) is 6.04 Å². The molecule has 0 saturated carbocycles. The zero-order chi connectivity index (χ0) is 10.4. The van der Waals surface area contributed by atoms with Crippen molar-refractivity contribution in [2.45, 2.75) is 13.0 Å². The molecule has 0 bridgehead atoms. The van der Waals surface area contributed by atoms with E-state index in [2.05, 4.69) is 16.7 Å². The number of carbonyl (C=O) groups excluding carboxylic acids is 1. The summed E-state index contributed by atoms with van der Waals surface area (Å²) in [5, 5.41) is 2.59. The van der Waals surface area contributed by atoms with E-state index in [0.717, 1.165) is 0 Å². The largest absolute Gasteiger partial charge is 0.343 e. The summed E-state index contributed by atoms with van der Waals surface area (Å²) in [6.07, 6.45) is 8.67. The van der Waals surface area contributed by atoms with Crippen LogP contribution >= 0.6 is 0 Å². The van der Waals surface area contributed by atoms with E-state index >= 15 is 0 Å². The Hall–Kier alpha value is -1.89. The number of terminal acetylenes is 1. The van der Waals surface area contributed by atoms with E-state index in [1.54, 1.807) is 11.6 Å². The predicted octanol–water partition coefficient (Wildman–Crippen LogP) is 0.169. The van der Waals surface area contributed by atoms with Gasteiger partial charge in [-0.15, -0.1) is 6.42 Å². The number of nitrogens with zero attached hydrogens (tertiary/aromatic N) is 1. The molecule has 1 aromatic rings. The number of carbonyl (C=O) groups is 1. The summed E-state index contributed by atoms with van der Waals surface area (Å²) in [4.78, 5) is 11.3. The number of hydrogen-bond donors (Lipinski definition) is 2. The molecule has 1 unspecified atom stereocenters. The van der Waals surface area contributed by atoms with Crippen molar-refractivity contribution in [1.29, 1.82) is 0 Å². The van der Waals surface area contributed by atoms with Gasteiger partial charge < -0.3 is 10.7 Å². The van der Waals surface area contributed by atoms with Gasteiger partial charge in [-0.1, -0.05) is 5.92 Å². The lowest BCUT2D eigenvalue weighted by molar-refractivity contribution is -0.121. The van der Waals surface area contributed by atoms with Crippen molar-refractivity contribution in [3.8, 4) is 12.3 Å². The van der Waals surface area contributed by atoms with Gasteiger partial charge in [-0.05, 0) is 19.1 Å². The van der Waals surface area contributed by atoms with Crippen molar-refractivity contribution in [2.24, 2.45) is 0 Å². The molecule has 14 heavy (non-hydrogen) atoms. The number of aromatic nitrogens is 1. The molecule has 0 spiro atoms. The van der Waals surface area contributed by atoms with Gasteiger partial charge in [-0.3, -0.25) is 9.47 Å². The monoisotopic (exact) mass is 191 g/mol. The lowest BCUT2D eigenvalue weighted by atomic mass is 10.3. The minimum Gasteiger partial charge on any atom is -0.343 e. The molecule has 1 heterocycles. The lowest BCUT2D eigenvalue weighted by Crippen LogP contribution is -2.40. The van der Waals surface area contributed by atoms with Crippen LogP contribution in [0.15, 0.2) is 24.5 Å². The normalized spacial score (nSPS) is 11.4. The fourth-order valence-corrected chi connectivity index (χ4v) is 0.994. The van der Waals surface area contributed by atoms with Crippen LogP contribution in [-0.4, -0.2) is 23.2 Å². The Morgan fingerprint density at radius 3 is 2.79 bits per heavy atom. The Morgan fingerprint density at radius 2 is 2.21 bits per heavy atom. The Bertz CT molecular complexity index is 324. The second-order valence-electron chi connectivity index (χ2n) is 2.86. The summed E-state index contributed by atoms with van der Waals surface area (Å²) in [6.45, 7) is 2.03. The molecule has 1 aromatic heterocycles. The van der Waals surface area contributed by atoms with Gasteiger partial charge in [-0.25, -0.2) is 0 Å². The van der Waals surface area contributed by atoms with Gasteiger partial charge in [0.25, 0.3) is 0 Å². The van der Waals surface area contributed by atoms with E-state index in [4.69, 9.17) is 6.42 Å². The minimum atomic E-state index is -0.309. The van der Waals surface area contributed by atoms with Gasteiger partial charge in [0.15, 0.2) is 0 Å². The smallest absolute Gasteiger partial charge is 0.244 e. The second kappa shape index (κ2) is 4.97. The summed E-state index contributed by atoms with van der Waals surface area (Å²) in [5.41, 5.74) is 2.97. The average molecular weight is 191 g/mol. The van der Waals surface area contributed by atoms with Crippen LogP contribution in [0.3, 0.4) is 0 Å². The first kappa shape index (κ1) is 10.2. The van der Waals surface area contributed by atoms with Gasteiger partial charge in [0, 0.05) is 12.4 Å². The molecule has 0 aliphatic carbocycles. The maximum atomic E-state index is 11.3. The van der Waals surface area contributed by atoms with Crippen LogP contribution in [0.5, 0.6) is 0 Å². The molecular weight excluding hydrogens is 178 g/mol. The molecule has 0 saturated heterocycles. The fraction of sp³-hybridized carbons (Fsp3) is 0.300. The zero-order valence-electron chi connectivity index (χ0n) is 8.03. The van der Waals surface area contributed by atoms with Crippen LogP contribution in [0.2, 0.25) is 0 Å². The standard InChI is InChI=1S/C10H13N3O/c1-3-6-11-10(14)9(2)12-13-7-4-5-8-13/h1,4-5,7-9,12H,6H2,2H3,(H,11,14). The van der Waals surface area contributed by atoms with Crippen LogP contribution in [0.25, 0.3) is 0 Å². The number of nitrogens with one attached hydrogen (secondary N) is 2. The highest BCUT2D eigenvalue weighted by Gasteiger charge is 2.10. The lowest BCUT2D eigenvalue weighted by Gasteiger charge is -2.14. The first-order valence-corrected chi connectivity index (χ1v) is 4.34. The zero-order valence-corrected chi connectivity index (χ0v) is 8.03. The Balaban J connectivity index is 2.39. The van der Waals surface area contributed by atoms with Crippen LogP contribution in [0.1, 0.15) is 6.92 Å². The first-order valence-electron chi connectivity index (χ1n) is 4.34. The molecule has 74 valence electrons. The minimum absolute atomic E-state index is 0.114. The topological polar surface area (TPSA) is 46.1 Å². The molecule has 1 amide bonds. The Labute approximate surface area is 83.3 Å². The van der Waals surface area contributed by atoms with E-state index in [0.29, 0.717) is 0 Å². The van der Waals surface area contributed by atoms with Crippen molar-refractivity contribution < 1.29 is 4.79 Å². The summed E-state index contributed by atoms with van der Waals surface area (Å²) in [5.74, 6) is 2.23. The van der Waals surface area contributed by atoms with E-state index in [9.17, 15) is 4.79 Å². The number of amides is 1. The molecule has 0 aliphatic heterocycles. The average Bonchev–Trinajstić information content (AvgIpc) is 2.66. The van der Waals surface area contributed by atoms with Crippen molar-refractivity contribution in [1.82, 2.24) is 9.99 Å². The molecule has 0 aliphatic rings. The van der Waals surface area contributed by atoms with Gasteiger partial charge in [-0.2, -0.15) is 0 Å². The first-order chi connectivity index (χ1) is 6.74. The van der Waals surface area contributed by atoms with Crippen molar-refractivity contribution in [3.63, 3.8) is 0 Å². The summed E-state index contributed by atoms with van der Waals surface area (Å²) in [6, 6.07) is 3.44. The molecule has 4 nitrogen and oxygen atoms in total. The quantitative estimate of drug-likeness (QED) is 0.666. The fourth-order valence-electron chi connectivity index (χ4n) is 0.994. The molecule has 4 heteroatoms. The van der Waals surface area contributed by atoms with Crippen LogP contribution in [-0.2, 0) is 4.79 Å². The third-order valence-electron chi connectivity index (χ3n) is 1.71. The van der Waals surface area contributed by atoms with E-state index in [1.165, 1.54) is 0 Å². The van der Waals surface area contributed by atoms with Crippen LogP contribution in [0, 0.1) is 12.3 Å². The third kappa shape index (κ3) is 2.87. The summed E-state index contributed by atoms with van der Waals surface area (Å²) >= 11 is 0. The highest BCUT2D eigenvalue weighted by Crippen LogP contribution is 1.89. The molecule has 0 radical (unpaired) electrons. The highest BCUT2D eigenvalue weighted by atomic mass is 16.2. The number of rotatable bonds is 4. The summed E-state index contributed by atoms with van der Waals surface area (Å²) in [7, 11) is 0.